The van der Waals surface area contributed by atoms with Crippen LogP contribution in [0.3, 0.4) is 0 Å². The molecule has 0 radical (unpaired) electrons. The highest BCUT2D eigenvalue weighted by Gasteiger charge is 2.43. The van der Waals surface area contributed by atoms with Crippen LogP contribution in [0.15, 0.2) is 16.6 Å². The summed E-state index contributed by atoms with van der Waals surface area (Å²) in [5, 5.41) is 9.82. The van der Waals surface area contributed by atoms with E-state index in [1.165, 1.54) is 0 Å². The van der Waals surface area contributed by atoms with E-state index < -0.39 is 0 Å². The van der Waals surface area contributed by atoms with Crippen molar-refractivity contribution in [3.05, 3.63) is 33.3 Å². The summed E-state index contributed by atoms with van der Waals surface area (Å²) in [5.74, 6) is 0.542. The zero-order valence-electron chi connectivity index (χ0n) is 10.5. The van der Waals surface area contributed by atoms with Gasteiger partial charge in [0.1, 0.15) is 5.75 Å². The van der Waals surface area contributed by atoms with E-state index in [1.54, 1.807) is 0 Å². The lowest BCUT2D eigenvalue weighted by Crippen LogP contribution is -2.23. The number of carbonyl (C=O) groups is 1. The van der Waals surface area contributed by atoms with Gasteiger partial charge in [-0.1, -0.05) is 6.92 Å². The van der Waals surface area contributed by atoms with Crippen LogP contribution in [0.25, 0.3) is 5.57 Å². The zero-order chi connectivity index (χ0) is 13.1. The Kier molecular flexibility index (Phi) is 2.46. The minimum Gasteiger partial charge on any atom is -0.508 e. The highest BCUT2D eigenvalue weighted by molar-refractivity contribution is 9.12. The Bertz CT molecular complexity index is 601. The molecule has 3 heteroatoms. The van der Waals surface area contributed by atoms with Crippen LogP contribution in [0.4, 0.5) is 0 Å². The van der Waals surface area contributed by atoms with Crippen LogP contribution < -0.4 is 0 Å². The number of ketones is 1. The van der Waals surface area contributed by atoms with Crippen molar-refractivity contribution in [1.82, 2.24) is 0 Å². The normalized spacial score (nSPS) is 26.3. The quantitative estimate of drug-likeness (QED) is 0.793. The van der Waals surface area contributed by atoms with E-state index in [1.807, 2.05) is 19.1 Å². The number of aromatic hydroxyl groups is 1. The molecule has 0 spiro atoms. The van der Waals surface area contributed by atoms with Crippen molar-refractivity contribution >= 4 is 27.3 Å². The first-order valence-corrected chi connectivity index (χ1v) is 6.98. The first kappa shape index (κ1) is 12.0. The molecule has 2 aliphatic carbocycles. The number of phenols is 1. The lowest BCUT2D eigenvalue weighted by atomic mass is 9.74. The smallest absolute Gasteiger partial charge is 0.170 e. The molecular formula is C15H15BrO2. The second kappa shape index (κ2) is 3.70. The number of rotatable bonds is 0. The fraction of sp³-hybridized carbons (Fsp3) is 0.400. The molecule has 0 aliphatic heterocycles. The second-order valence-electron chi connectivity index (χ2n) is 5.65. The number of benzene rings is 1. The number of hydrogen-bond donors (Lipinski definition) is 1. The lowest BCUT2D eigenvalue weighted by molar-refractivity contribution is -0.115. The number of phenolic OH excluding ortho intramolecular Hbond substituents is 1. The highest BCUT2D eigenvalue weighted by Crippen LogP contribution is 2.55. The lowest BCUT2D eigenvalue weighted by Gasteiger charge is -2.31. The molecule has 0 amide bonds. The Hall–Kier alpha value is -1.09. The molecule has 0 saturated heterocycles. The Morgan fingerprint density at radius 1 is 1.39 bits per heavy atom. The van der Waals surface area contributed by atoms with E-state index in [0.717, 1.165) is 39.6 Å². The molecule has 1 unspecified atom stereocenters. The first-order valence-electron chi connectivity index (χ1n) is 6.19. The molecule has 0 aromatic heterocycles. The van der Waals surface area contributed by atoms with Gasteiger partial charge in [-0.25, -0.2) is 0 Å². The van der Waals surface area contributed by atoms with E-state index in [2.05, 4.69) is 22.9 Å². The summed E-state index contributed by atoms with van der Waals surface area (Å²) in [6.45, 7) is 4.10. The summed E-state index contributed by atoms with van der Waals surface area (Å²) in [6, 6.07) is 3.86. The topological polar surface area (TPSA) is 37.3 Å². The average Bonchev–Trinajstić information content (AvgIpc) is 2.58. The zero-order valence-corrected chi connectivity index (χ0v) is 12.1. The van der Waals surface area contributed by atoms with Gasteiger partial charge in [-0.05, 0) is 75.5 Å². The number of hydrogen-bond acceptors (Lipinski definition) is 2. The van der Waals surface area contributed by atoms with Crippen molar-refractivity contribution in [2.45, 2.75) is 33.1 Å². The number of Topliss-reactive ketones (excluding diaryl/α,β-unsaturated/α-hetero) is 1. The monoisotopic (exact) mass is 306 g/mol. The third-order valence-corrected chi connectivity index (χ3v) is 5.08. The number of carbonyl (C=O) groups excluding carboxylic acids is 1. The van der Waals surface area contributed by atoms with Crippen molar-refractivity contribution in [2.75, 3.05) is 0 Å². The van der Waals surface area contributed by atoms with E-state index in [-0.39, 0.29) is 11.2 Å². The van der Waals surface area contributed by atoms with Crippen molar-refractivity contribution < 1.29 is 9.90 Å². The molecule has 2 nitrogen and oxygen atoms in total. The van der Waals surface area contributed by atoms with Gasteiger partial charge in [0.05, 0.1) is 4.48 Å². The molecular weight excluding hydrogens is 292 g/mol. The molecule has 1 aromatic rings. The van der Waals surface area contributed by atoms with Crippen LogP contribution in [-0.2, 0) is 11.2 Å². The summed E-state index contributed by atoms with van der Waals surface area (Å²) < 4.78 is 0.736. The van der Waals surface area contributed by atoms with E-state index in [4.69, 9.17) is 0 Å². The van der Waals surface area contributed by atoms with Gasteiger partial charge < -0.3 is 5.11 Å². The summed E-state index contributed by atoms with van der Waals surface area (Å²) in [5.41, 5.74) is 4.32. The van der Waals surface area contributed by atoms with Crippen LogP contribution in [-0.4, -0.2) is 10.9 Å². The standard InChI is InChI=1S/C15H15BrO2/c1-8-5-10-9(6-12(8)18)7-15(2)4-3-11(17)14(16)13(10)15/h5-6,18H,3-4,7H2,1-2H3. The third kappa shape index (κ3) is 1.50. The van der Waals surface area contributed by atoms with E-state index >= 15 is 0 Å². The third-order valence-electron chi connectivity index (χ3n) is 4.24. The number of halogens is 1. The number of aryl methyl sites for hydroxylation is 1. The molecule has 94 valence electrons. The van der Waals surface area contributed by atoms with Gasteiger partial charge in [0.25, 0.3) is 0 Å². The molecule has 0 heterocycles. The van der Waals surface area contributed by atoms with Gasteiger partial charge in [0, 0.05) is 6.42 Å². The first-order chi connectivity index (χ1) is 8.42. The molecule has 0 bridgehead atoms. The summed E-state index contributed by atoms with van der Waals surface area (Å²) in [7, 11) is 0. The number of fused-ring (bicyclic) bond motifs is 3. The van der Waals surface area contributed by atoms with E-state index in [9.17, 15) is 9.90 Å². The van der Waals surface area contributed by atoms with Gasteiger partial charge in [0.2, 0.25) is 0 Å². The minimum absolute atomic E-state index is 0.0370. The Morgan fingerprint density at radius 3 is 2.83 bits per heavy atom. The fourth-order valence-electron chi connectivity index (χ4n) is 3.19. The SMILES string of the molecule is Cc1cc2c(cc1O)CC1(C)CCC(=O)C(Br)=C21. The number of allylic oxidation sites excluding steroid dienone is 2. The molecule has 0 fully saturated rings. The van der Waals surface area contributed by atoms with Crippen molar-refractivity contribution in [2.24, 2.45) is 5.41 Å². The van der Waals surface area contributed by atoms with Crippen LogP contribution in [0.1, 0.15) is 36.5 Å². The van der Waals surface area contributed by atoms with Crippen LogP contribution >= 0.6 is 15.9 Å². The second-order valence-corrected chi connectivity index (χ2v) is 6.44. The van der Waals surface area contributed by atoms with E-state index in [0.29, 0.717) is 12.2 Å². The van der Waals surface area contributed by atoms with Crippen LogP contribution in [0.2, 0.25) is 0 Å². The summed E-state index contributed by atoms with van der Waals surface area (Å²) in [6.07, 6.45) is 2.41. The molecule has 1 aromatic carbocycles. The van der Waals surface area contributed by atoms with Gasteiger partial charge in [-0.15, -0.1) is 0 Å². The van der Waals surface area contributed by atoms with Gasteiger partial charge in [-0.3, -0.25) is 4.79 Å². The maximum absolute atomic E-state index is 11.9. The summed E-state index contributed by atoms with van der Waals surface area (Å²) >= 11 is 3.48. The molecule has 2 aliphatic rings. The predicted molar refractivity (Wildman–Crippen MR) is 74.7 cm³/mol. The van der Waals surface area contributed by atoms with Crippen molar-refractivity contribution in [1.29, 1.82) is 0 Å². The van der Waals surface area contributed by atoms with Crippen LogP contribution in [0, 0.1) is 12.3 Å². The molecule has 18 heavy (non-hydrogen) atoms. The maximum Gasteiger partial charge on any atom is 0.170 e. The van der Waals surface area contributed by atoms with Crippen molar-refractivity contribution in [3.63, 3.8) is 0 Å². The van der Waals surface area contributed by atoms with Crippen molar-refractivity contribution in [3.8, 4) is 5.75 Å². The molecule has 1 atom stereocenters. The predicted octanol–water partition coefficient (Wildman–Crippen LogP) is 3.73. The minimum atomic E-state index is 0.0370. The van der Waals surface area contributed by atoms with Gasteiger partial charge >= 0.3 is 0 Å². The fourth-order valence-corrected chi connectivity index (χ4v) is 4.08. The Labute approximate surface area is 115 Å². The highest BCUT2D eigenvalue weighted by atomic mass is 79.9. The van der Waals surface area contributed by atoms with Gasteiger partial charge in [-0.2, -0.15) is 0 Å². The average molecular weight is 307 g/mol. The molecule has 1 N–H and O–H groups in total. The maximum atomic E-state index is 11.9. The largest absolute Gasteiger partial charge is 0.508 e. The molecule has 0 saturated carbocycles. The van der Waals surface area contributed by atoms with Crippen LogP contribution in [0.5, 0.6) is 5.75 Å². The Morgan fingerprint density at radius 2 is 2.11 bits per heavy atom. The molecule has 3 rings (SSSR count). The Balaban J connectivity index is 2.29. The summed E-state index contributed by atoms with van der Waals surface area (Å²) in [4.78, 5) is 11.9. The van der Waals surface area contributed by atoms with Gasteiger partial charge in [0.15, 0.2) is 5.78 Å².